The molecule has 0 spiro atoms. The second-order valence-electron chi connectivity index (χ2n) is 5.28. The lowest BCUT2D eigenvalue weighted by atomic mass is 10.1. The first kappa shape index (κ1) is 14.4. The van der Waals surface area contributed by atoms with E-state index in [-0.39, 0.29) is 17.7 Å². The van der Waals surface area contributed by atoms with Crippen molar-refractivity contribution in [3.8, 4) is 0 Å². The summed E-state index contributed by atoms with van der Waals surface area (Å²) in [6.07, 6.45) is 2.55. The Morgan fingerprint density at radius 1 is 1.43 bits per heavy atom. The highest BCUT2D eigenvalue weighted by molar-refractivity contribution is 6.35. The van der Waals surface area contributed by atoms with Gasteiger partial charge in [-0.25, -0.2) is 0 Å². The van der Waals surface area contributed by atoms with Gasteiger partial charge in [-0.1, -0.05) is 29.3 Å². The lowest BCUT2D eigenvalue weighted by molar-refractivity contribution is -0.122. The number of aromatic nitrogens is 2. The first-order valence-electron chi connectivity index (χ1n) is 6.76. The zero-order chi connectivity index (χ0) is 15.0. The van der Waals surface area contributed by atoms with Gasteiger partial charge in [-0.2, -0.15) is 5.10 Å². The molecule has 1 N–H and O–H groups in total. The number of hydrogen-bond acceptors (Lipinski definition) is 2. The van der Waals surface area contributed by atoms with E-state index in [4.69, 9.17) is 23.2 Å². The third kappa shape index (κ3) is 3.06. The van der Waals surface area contributed by atoms with E-state index in [2.05, 4.69) is 10.4 Å². The fraction of sp³-hybridized carbons (Fsp3) is 0.333. The van der Waals surface area contributed by atoms with Gasteiger partial charge in [0, 0.05) is 29.2 Å². The fourth-order valence-corrected chi connectivity index (χ4v) is 3.06. The van der Waals surface area contributed by atoms with Crippen molar-refractivity contribution in [1.82, 2.24) is 15.1 Å². The van der Waals surface area contributed by atoms with E-state index < -0.39 is 0 Å². The third-order valence-corrected chi connectivity index (χ3v) is 4.42. The van der Waals surface area contributed by atoms with E-state index in [9.17, 15) is 4.79 Å². The SMILES string of the molecule is Cn1nccc1CNC(=O)[C@H]1C[C@@H]1c1ccc(Cl)cc1Cl. The minimum absolute atomic E-state index is 0.00287. The molecule has 1 saturated carbocycles. The van der Waals surface area contributed by atoms with Crippen LogP contribution in [0.3, 0.4) is 0 Å². The first-order valence-corrected chi connectivity index (χ1v) is 7.51. The molecular weight excluding hydrogens is 309 g/mol. The maximum atomic E-state index is 12.2. The first-order chi connectivity index (χ1) is 10.1. The molecule has 0 radical (unpaired) electrons. The van der Waals surface area contributed by atoms with Gasteiger partial charge in [0.25, 0.3) is 0 Å². The summed E-state index contributed by atoms with van der Waals surface area (Å²) in [5.74, 6) is 0.255. The summed E-state index contributed by atoms with van der Waals surface area (Å²) in [6, 6.07) is 7.33. The highest BCUT2D eigenvalue weighted by atomic mass is 35.5. The number of hydrogen-bond donors (Lipinski definition) is 1. The standard InChI is InChI=1S/C15H15Cl2N3O/c1-20-10(4-5-19-20)8-18-15(21)13-7-12(13)11-3-2-9(16)6-14(11)17/h2-6,12-13H,7-8H2,1H3,(H,18,21)/t12-,13+/m1/s1. The van der Waals surface area contributed by atoms with Crippen LogP contribution in [0, 0.1) is 5.92 Å². The molecule has 1 aliphatic rings. The lowest BCUT2D eigenvalue weighted by Crippen LogP contribution is -2.26. The minimum atomic E-state index is -0.00287. The van der Waals surface area contributed by atoms with Gasteiger partial charge in [0.15, 0.2) is 0 Å². The van der Waals surface area contributed by atoms with Crippen LogP contribution in [0.2, 0.25) is 10.0 Å². The molecule has 1 amide bonds. The maximum absolute atomic E-state index is 12.2. The molecule has 0 saturated heterocycles. The predicted molar refractivity (Wildman–Crippen MR) is 82.4 cm³/mol. The summed E-state index contributed by atoms with van der Waals surface area (Å²) in [7, 11) is 1.86. The predicted octanol–water partition coefficient (Wildman–Crippen LogP) is 3.15. The van der Waals surface area contributed by atoms with Crippen LogP contribution in [0.4, 0.5) is 0 Å². The van der Waals surface area contributed by atoms with Gasteiger partial charge in [-0.15, -0.1) is 0 Å². The Bertz CT molecular complexity index is 683. The van der Waals surface area contributed by atoms with E-state index in [1.165, 1.54) is 0 Å². The Morgan fingerprint density at radius 3 is 2.90 bits per heavy atom. The Balaban J connectivity index is 1.59. The summed E-state index contributed by atoms with van der Waals surface area (Å²) in [6.45, 7) is 0.493. The van der Waals surface area contributed by atoms with E-state index in [0.717, 1.165) is 17.7 Å². The average molecular weight is 324 g/mol. The van der Waals surface area contributed by atoms with Crippen LogP contribution in [0.15, 0.2) is 30.5 Å². The van der Waals surface area contributed by atoms with Crippen LogP contribution in [-0.2, 0) is 18.4 Å². The smallest absolute Gasteiger partial charge is 0.224 e. The number of carbonyl (C=O) groups excluding carboxylic acids is 1. The van der Waals surface area contributed by atoms with Crippen LogP contribution in [0.1, 0.15) is 23.6 Å². The molecule has 6 heteroatoms. The van der Waals surface area contributed by atoms with E-state index in [1.54, 1.807) is 16.9 Å². The molecule has 0 bridgehead atoms. The van der Waals surface area contributed by atoms with Crippen molar-refractivity contribution in [2.45, 2.75) is 18.9 Å². The van der Waals surface area contributed by atoms with Crippen LogP contribution < -0.4 is 5.32 Å². The Labute approximate surface area is 133 Å². The van der Waals surface area contributed by atoms with Gasteiger partial charge in [-0.05, 0) is 36.1 Å². The topological polar surface area (TPSA) is 46.9 Å². The summed E-state index contributed by atoms with van der Waals surface area (Å²) in [5.41, 5.74) is 1.98. The van der Waals surface area contributed by atoms with Crippen molar-refractivity contribution in [2.75, 3.05) is 0 Å². The minimum Gasteiger partial charge on any atom is -0.350 e. The second-order valence-corrected chi connectivity index (χ2v) is 6.12. The van der Waals surface area contributed by atoms with Crippen molar-refractivity contribution >= 4 is 29.1 Å². The van der Waals surface area contributed by atoms with Crippen molar-refractivity contribution in [3.63, 3.8) is 0 Å². The van der Waals surface area contributed by atoms with Gasteiger partial charge in [0.05, 0.1) is 12.2 Å². The number of carbonyl (C=O) groups is 1. The highest BCUT2D eigenvalue weighted by Gasteiger charge is 2.44. The zero-order valence-electron chi connectivity index (χ0n) is 11.5. The Hall–Kier alpha value is -1.52. The van der Waals surface area contributed by atoms with Crippen molar-refractivity contribution in [3.05, 3.63) is 51.8 Å². The van der Waals surface area contributed by atoms with Crippen LogP contribution in [-0.4, -0.2) is 15.7 Å². The largest absolute Gasteiger partial charge is 0.350 e. The molecule has 2 atom stereocenters. The molecule has 0 aliphatic heterocycles. The quantitative estimate of drug-likeness (QED) is 0.939. The van der Waals surface area contributed by atoms with Crippen molar-refractivity contribution in [1.29, 1.82) is 0 Å². The molecule has 1 aromatic carbocycles. The summed E-state index contributed by atoms with van der Waals surface area (Å²) in [4.78, 5) is 12.2. The monoisotopic (exact) mass is 323 g/mol. The molecule has 1 fully saturated rings. The van der Waals surface area contributed by atoms with Gasteiger partial charge in [0.2, 0.25) is 5.91 Å². The summed E-state index contributed by atoms with van der Waals surface area (Å²) < 4.78 is 1.75. The molecule has 1 aromatic heterocycles. The van der Waals surface area contributed by atoms with Crippen LogP contribution >= 0.6 is 23.2 Å². The average Bonchev–Trinajstić information content (AvgIpc) is 3.12. The highest BCUT2D eigenvalue weighted by Crippen LogP contribution is 2.50. The molecule has 0 unspecified atom stereocenters. The van der Waals surface area contributed by atoms with Crippen LogP contribution in [0.5, 0.6) is 0 Å². The van der Waals surface area contributed by atoms with Gasteiger partial charge >= 0.3 is 0 Å². The number of nitrogens with zero attached hydrogens (tertiary/aromatic N) is 2. The molecule has 2 aromatic rings. The Morgan fingerprint density at radius 2 is 2.24 bits per heavy atom. The van der Waals surface area contributed by atoms with Crippen molar-refractivity contribution in [2.24, 2.45) is 13.0 Å². The van der Waals surface area contributed by atoms with E-state index in [0.29, 0.717) is 16.6 Å². The molecule has 110 valence electrons. The van der Waals surface area contributed by atoms with Gasteiger partial charge in [0.1, 0.15) is 0 Å². The molecule has 1 aliphatic carbocycles. The molecule has 21 heavy (non-hydrogen) atoms. The zero-order valence-corrected chi connectivity index (χ0v) is 13.0. The maximum Gasteiger partial charge on any atom is 0.224 e. The fourth-order valence-electron chi connectivity index (χ4n) is 2.51. The number of amides is 1. The lowest BCUT2D eigenvalue weighted by Gasteiger charge is -2.06. The van der Waals surface area contributed by atoms with Crippen LogP contribution in [0.25, 0.3) is 0 Å². The number of benzene rings is 1. The third-order valence-electron chi connectivity index (χ3n) is 3.86. The number of aryl methyl sites for hydroxylation is 1. The molecule has 3 rings (SSSR count). The van der Waals surface area contributed by atoms with E-state index in [1.807, 2.05) is 25.2 Å². The number of rotatable bonds is 4. The number of nitrogens with one attached hydrogen (secondary N) is 1. The molecule has 4 nitrogen and oxygen atoms in total. The van der Waals surface area contributed by atoms with Gasteiger partial charge in [-0.3, -0.25) is 9.48 Å². The normalized spacial score (nSPS) is 20.3. The Kier molecular flexibility index (Phi) is 3.91. The van der Waals surface area contributed by atoms with E-state index >= 15 is 0 Å². The number of halogens is 2. The molecular formula is C15H15Cl2N3O. The van der Waals surface area contributed by atoms with Crippen molar-refractivity contribution < 1.29 is 4.79 Å². The second kappa shape index (κ2) is 5.70. The molecule has 1 heterocycles. The summed E-state index contributed by atoms with van der Waals surface area (Å²) >= 11 is 12.1. The summed E-state index contributed by atoms with van der Waals surface area (Å²) in [5, 5.41) is 8.27. The van der Waals surface area contributed by atoms with Gasteiger partial charge < -0.3 is 5.32 Å².